The molecule has 0 bridgehead atoms. The van der Waals surface area contributed by atoms with Gasteiger partial charge in [-0.1, -0.05) is 42.5 Å². The summed E-state index contributed by atoms with van der Waals surface area (Å²) in [6.07, 6.45) is 1.53. The molecule has 70 valence electrons. The molecule has 3 rings (SSSR count). The largest absolute Gasteiger partial charge is 0.373 e. The van der Waals surface area contributed by atoms with Crippen molar-refractivity contribution in [3.63, 3.8) is 0 Å². The summed E-state index contributed by atoms with van der Waals surface area (Å²) in [5.74, 6) is 0. The van der Waals surface area contributed by atoms with Crippen LogP contribution >= 0.6 is 0 Å². The van der Waals surface area contributed by atoms with Gasteiger partial charge in [-0.2, -0.15) is 0 Å². The fourth-order valence-corrected chi connectivity index (χ4v) is 1.90. The molecule has 2 aromatic rings. The average Bonchev–Trinajstić information content (AvgIpc) is 3.03. The van der Waals surface area contributed by atoms with Crippen LogP contribution in [0.3, 0.4) is 0 Å². The van der Waals surface area contributed by atoms with E-state index in [2.05, 4.69) is 42.5 Å². The van der Waals surface area contributed by atoms with Crippen LogP contribution in [-0.2, 0) is 11.2 Å². The molecule has 0 amide bonds. The van der Waals surface area contributed by atoms with Gasteiger partial charge in [-0.3, -0.25) is 0 Å². The first kappa shape index (κ1) is 8.01. The molecule has 2 aromatic carbocycles. The van der Waals surface area contributed by atoms with E-state index in [1.54, 1.807) is 0 Å². The third-order valence-electron chi connectivity index (χ3n) is 2.73. The quantitative estimate of drug-likeness (QED) is 0.654. The van der Waals surface area contributed by atoms with Gasteiger partial charge < -0.3 is 4.74 Å². The first-order valence-corrected chi connectivity index (χ1v) is 5.02. The average molecular weight is 184 g/mol. The summed E-state index contributed by atoms with van der Waals surface area (Å²) in [6.45, 7) is 0.934. The van der Waals surface area contributed by atoms with Gasteiger partial charge in [0, 0.05) is 6.42 Å². The molecule has 0 aliphatic carbocycles. The Morgan fingerprint density at radius 1 is 1.07 bits per heavy atom. The summed E-state index contributed by atoms with van der Waals surface area (Å²) in [5.41, 5.74) is 1.41. The highest BCUT2D eigenvalue weighted by Gasteiger charge is 2.23. The van der Waals surface area contributed by atoms with Gasteiger partial charge in [-0.15, -0.1) is 0 Å². The third kappa shape index (κ3) is 1.40. The van der Waals surface area contributed by atoms with Gasteiger partial charge >= 0.3 is 0 Å². The van der Waals surface area contributed by atoms with Crippen LogP contribution in [0.15, 0.2) is 42.5 Å². The maximum Gasteiger partial charge on any atom is 0.0850 e. The molecule has 0 radical (unpaired) electrons. The van der Waals surface area contributed by atoms with Crippen LogP contribution in [0.4, 0.5) is 0 Å². The number of hydrogen-bond acceptors (Lipinski definition) is 1. The van der Waals surface area contributed by atoms with Crippen LogP contribution in [-0.4, -0.2) is 12.7 Å². The van der Waals surface area contributed by atoms with E-state index in [-0.39, 0.29) is 0 Å². The molecule has 0 unspecified atom stereocenters. The summed E-state index contributed by atoms with van der Waals surface area (Å²) in [5, 5.41) is 2.69. The van der Waals surface area contributed by atoms with Crippen molar-refractivity contribution in [1.82, 2.24) is 0 Å². The Morgan fingerprint density at radius 3 is 2.71 bits per heavy atom. The molecule has 0 N–H and O–H groups in total. The van der Waals surface area contributed by atoms with Gasteiger partial charge in [0.1, 0.15) is 0 Å². The predicted octanol–water partition coefficient (Wildman–Crippen LogP) is 2.78. The van der Waals surface area contributed by atoms with E-state index >= 15 is 0 Å². The topological polar surface area (TPSA) is 12.5 Å². The maximum atomic E-state index is 5.26. The Bertz CT molecular complexity index is 452. The normalized spacial score (nSPS) is 19.9. The van der Waals surface area contributed by atoms with Gasteiger partial charge in [-0.05, 0) is 16.3 Å². The molecule has 14 heavy (non-hydrogen) atoms. The van der Waals surface area contributed by atoms with E-state index in [0.29, 0.717) is 6.10 Å². The molecule has 1 fully saturated rings. The van der Waals surface area contributed by atoms with Crippen LogP contribution < -0.4 is 0 Å². The number of benzene rings is 2. The van der Waals surface area contributed by atoms with Crippen molar-refractivity contribution >= 4 is 10.8 Å². The lowest BCUT2D eigenvalue weighted by Crippen LogP contribution is -1.93. The lowest BCUT2D eigenvalue weighted by Gasteiger charge is -2.03. The number of epoxide rings is 1. The van der Waals surface area contributed by atoms with E-state index in [1.165, 1.54) is 16.3 Å². The maximum absolute atomic E-state index is 5.26. The van der Waals surface area contributed by atoms with Crippen molar-refractivity contribution in [1.29, 1.82) is 0 Å². The first-order valence-electron chi connectivity index (χ1n) is 5.02. The number of hydrogen-bond donors (Lipinski definition) is 0. The lowest BCUT2D eigenvalue weighted by atomic mass is 10.0. The van der Waals surface area contributed by atoms with Crippen LogP contribution in [0.1, 0.15) is 5.56 Å². The van der Waals surface area contributed by atoms with E-state index in [0.717, 1.165) is 13.0 Å². The fraction of sp³-hybridized carbons (Fsp3) is 0.231. The molecule has 1 heterocycles. The van der Waals surface area contributed by atoms with Gasteiger partial charge in [0.15, 0.2) is 0 Å². The van der Waals surface area contributed by atoms with Crippen LogP contribution in [0.2, 0.25) is 0 Å². The van der Waals surface area contributed by atoms with Gasteiger partial charge in [0.05, 0.1) is 12.7 Å². The lowest BCUT2D eigenvalue weighted by molar-refractivity contribution is 0.408. The summed E-state index contributed by atoms with van der Waals surface area (Å²) < 4.78 is 5.26. The molecule has 0 aromatic heterocycles. The van der Waals surface area contributed by atoms with E-state index in [9.17, 15) is 0 Å². The third-order valence-corrected chi connectivity index (χ3v) is 2.73. The zero-order valence-electron chi connectivity index (χ0n) is 7.94. The van der Waals surface area contributed by atoms with Crippen molar-refractivity contribution in [2.45, 2.75) is 12.5 Å². The molecule has 1 aliphatic rings. The van der Waals surface area contributed by atoms with Crippen molar-refractivity contribution in [2.75, 3.05) is 6.61 Å². The summed E-state index contributed by atoms with van der Waals surface area (Å²) in [4.78, 5) is 0. The number of fused-ring (bicyclic) bond motifs is 1. The molecule has 1 heteroatoms. The van der Waals surface area contributed by atoms with E-state index < -0.39 is 0 Å². The second-order valence-electron chi connectivity index (χ2n) is 3.80. The second-order valence-corrected chi connectivity index (χ2v) is 3.80. The van der Waals surface area contributed by atoms with Crippen molar-refractivity contribution < 1.29 is 4.74 Å². The minimum absolute atomic E-state index is 0.473. The molecular weight excluding hydrogens is 172 g/mol. The molecule has 0 spiro atoms. The Balaban J connectivity index is 2.11. The highest BCUT2D eigenvalue weighted by atomic mass is 16.6. The van der Waals surface area contributed by atoms with Crippen LogP contribution in [0.25, 0.3) is 10.8 Å². The van der Waals surface area contributed by atoms with Crippen LogP contribution in [0.5, 0.6) is 0 Å². The molecule has 1 saturated heterocycles. The monoisotopic (exact) mass is 184 g/mol. The highest BCUT2D eigenvalue weighted by Crippen LogP contribution is 2.23. The smallest absolute Gasteiger partial charge is 0.0850 e. The van der Waals surface area contributed by atoms with Crippen LogP contribution in [0, 0.1) is 0 Å². The van der Waals surface area contributed by atoms with Gasteiger partial charge in [-0.25, -0.2) is 0 Å². The van der Waals surface area contributed by atoms with Crippen molar-refractivity contribution in [2.24, 2.45) is 0 Å². The molecule has 1 aliphatic heterocycles. The minimum Gasteiger partial charge on any atom is -0.373 e. The molecular formula is C13H12O. The van der Waals surface area contributed by atoms with Crippen molar-refractivity contribution in [3.8, 4) is 0 Å². The fourth-order valence-electron chi connectivity index (χ4n) is 1.90. The van der Waals surface area contributed by atoms with Gasteiger partial charge in [0.25, 0.3) is 0 Å². The first-order chi connectivity index (χ1) is 6.93. The summed E-state index contributed by atoms with van der Waals surface area (Å²) in [6, 6.07) is 15.0. The Kier molecular flexibility index (Phi) is 1.78. The van der Waals surface area contributed by atoms with Crippen molar-refractivity contribution in [3.05, 3.63) is 48.0 Å². The molecule has 1 nitrogen and oxygen atoms in total. The second kappa shape index (κ2) is 3.10. The Hall–Kier alpha value is -1.34. The highest BCUT2D eigenvalue weighted by molar-refractivity contribution is 5.85. The molecule has 0 saturated carbocycles. The summed E-state index contributed by atoms with van der Waals surface area (Å²) >= 11 is 0. The SMILES string of the molecule is c1ccc2c(C[C@@H]3CO3)cccc2c1. The van der Waals surface area contributed by atoms with E-state index in [1.807, 2.05) is 0 Å². The number of ether oxygens (including phenoxy) is 1. The molecule has 1 atom stereocenters. The Labute approximate surface area is 83.3 Å². The minimum atomic E-state index is 0.473. The van der Waals surface area contributed by atoms with E-state index in [4.69, 9.17) is 4.74 Å². The predicted molar refractivity (Wildman–Crippen MR) is 57.4 cm³/mol. The van der Waals surface area contributed by atoms with Gasteiger partial charge in [0.2, 0.25) is 0 Å². The zero-order chi connectivity index (χ0) is 9.38. The standard InChI is InChI=1S/C13H12O/c1-2-7-13-10(4-1)5-3-6-11(13)8-12-9-14-12/h1-7,12H,8-9H2/t12-/m1/s1. The summed E-state index contributed by atoms with van der Waals surface area (Å²) in [7, 11) is 0. The zero-order valence-corrected chi connectivity index (χ0v) is 7.94. The Morgan fingerprint density at radius 2 is 1.86 bits per heavy atom. The number of rotatable bonds is 2.